The lowest BCUT2D eigenvalue weighted by Gasteiger charge is -2.43. The van der Waals surface area contributed by atoms with Crippen molar-refractivity contribution in [3.8, 4) is 5.75 Å². The van der Waals surface area contributed by atoms with Gasteiger partial charge in [-0.05, 0) is 116 Å². The molecule has 1 unspecified atom stereocenters. The van der Waals surface area contributed by atoms with E-state index < -0.39 is 19.1 Å². The summed E-state index contributed by atoms with van der Waals surface area (Å²) in [6.07, 6.45) is 10.2. The van der Waals surface area contributed by atoms with Gasteiger partial charge in [0.25, 0.3) is 0 Å². The van der Waals surface area contributed by atoms with Gasteiger partial charge in [0, 0.05) is 111 Å². The molecule has 4 aliphatic heterocycles. The minimum Gasteiger partial charge on any atom is -0.494 e. The highest BCUT2D eigenvalue weighted by atomic mass is 79.9. The van der Waals surface area contributed by atoms with Gasteiger partial charge >= 0.3 is 5.69 Å². The number of nitrogens with one attached hydrogen (secondary N) is 3. The summed E-state index contributed by atoms with van der Waals surface area (Å²) in [5, 5.41) is 11.2. The summed E-state index contributed by atoms with van der Waals surface area (Å²) in [5.74, 6) is 1.00. The van der Waals surface area contributed by atoms with Crippen molar-refractivity contribution in [3.63, 3.8) is 0 Å². The Balaban J connectivity index is 0.774. The molecule has 2 amide bonds. The number of hydrogen-bond donors (Lipinski definition) is 3. The number of pyridine rings is 1. The van der Waals surface area contributed by atoms with Crippen LogP contribution in [0.25, 0.3) is 21.9 Å². The number of para-hydroxylation sites is 1. The molecule has 4 fully saturated rings. The van der Waals surface area contributed by atoms with Crippen LogP contribution in [-0.2, 0) is 40.0 Å². The van der Waals surface area contributed by atoms with Crippen molar-refractivity contribution in [2.75, 3.05) is 80.8 Å². The molecule has 6 aromatic rings. The third kappa shape index (κ3) is 9.74. The second-order valence-corrected chi connectivity index (χ2v) is 23.4. The first kappa shape index (κ1) is 49.0. The first-order valence-corrected chi connectivity index (χ1v) is 28.4. The van der Waals surface area contributed by atoms with E-state index in [0.717, 1.165) is 141 Å². The number of rotatable bonds is 15. The number of imide groups is 1. The van der Waals surface area contributed by atoms with Gasteiger partial charge in [-0.2, -0.15) is 4.98 Å². The number of hydrogen-bond acceptors (Lipinski definition) is 13. The fourth-order valence-electron chi connectivity index (χ4n) is 11.5. The lowest BCUT2D eigenvalue weighted by atomic mass is 9.99. The van der Waals surface area contributed by atoms with E-state index in [9.17, 15) is 18.9 Å². The summed E-state index contributed by atoms with van der Waals surface area (Å²) < 4.78 is 24.6. The second kappa shape index (κ2) is 20.9. The molecule has 16 nitrogen and oxygen atoms in total. The molecule has 0 bridgehead atoms. The molecule has 71 heavy (non-hydrogen) atoms. The van der Waals surface area contributed by atoms with Crippen LogP contribution in [0.2, 0.25) is 0 Å². The SMILES string of the molecule is CCc1ccc2c(P3(=O)CCCC3)c(Nc3nc(Nc4cc(CC)c(N5CCC(N6CCN(CCc7cccc8c7n(CC)c(=O)n8C7CCC(=O)NC7=O)CC6)CC5)cc4OC)ncc3Br)ccc2n1. The molecule has 3 N–H and O–H groups in total. The Morgan fingerprint density at radius 1 is 0.859 bits per heavy atom. The molecule has 0 aliphatic carbocycles. The van der Waals surface area contributed by atoms with Crippen LogP contribution in [0.3, 0.4) is 0 Å². The number of aryl methyl sites for hydroxylation is 3. The van der Waals surface area contributed by atoms with Crippen LogP contribution >= 0.6 is 23.1 Å². The number of carbonyl (C=O) groups is 2. The van der Waals surface area contributed by atoms with E-state index in [1.165, 1.54) is 11.3 Å². The van der Waals surface area contributed by atoms with Crippen LogP contribution in [0.4, 0.5) is 28.8 Å². The van der Waals surface area contributed by atoms with E-state index in [4.69, 9.17) is 14.7 Å². The molecule has 18 heteroatoms. The van der Waals surface area contributed by atoms with Crippen molar-refractivity contribution in [3.05, 3.63) is 92.6 Å². The molecule has 1 atom stereocenters. The van der Waals surface area contributed by atoms with E-state index in [0.29, 0.717) is 53.3 Å². The van der Waals surface area contributed by atoms with Crippen molar-refractivity contribution in [2.45, 2.75) is 97.2 Å². The summed E-state index contributed by atoms with van der Waals surface area (Å²) in [4.78, 5) is 60.6. The van der Waals surface area contributed by atoms with Crippen LogP contribution in [0.5, 0.6) is 5.75 Å². The van der Waals surface area contributed by atoms with Crippen molar-refractivity contribution in [1.29, 1.82) is 0 Å². The monoisotopic (exact) mass is 1050 g/mol. The third-order valence-corrected chi connectivity index (χ3v) is 19.3. The first-order chi connectivity index (χ1) is 34.5. The van der Waals surface area contributed by atoms with Crippen molar-refractivity contribution in [1.82, 2.24) is 39.2 Å². The number of ether oxygens (including phenoxy) is 1. The topological polar surface area (TPSA) is 172 Å². The Morgan fingerprint density at radius 3 is 2.37 bits per heavy atom. The van der Waals surface area contributed by atoms with Gasteiger partial charge < -0.3 is 29.7 Å². The number of aromatic nitrogens is 5. The maximum atomic E-state index is 14.5. The Hall–Kier alpha value is -5.61. The number of carbonyl (C=O) groups excluding carboxylic acids is 2. The second-order valence-electron chi connectivity index (χ2n) is 19.4. The van der Waals surface area contributed by atoms with E-state index >= 15 is 0 Å². The minimum atomic E-state index is -2.65. The van der Waals surface area contributed by atoms with Crippen LogP contribution < -0.4 is 36.6 Å². The summed E-state index contributed by atoms with van der Waals surface area (Å²) >= 11 is 3.68. The molecule has 374 valence electrons. The Morgan fingerprint density at radius 2 is 1.65 bits per heavy atom. The standard InChI is InChI=1S/C53H65BrN11O5P/c1-5-34-31-42(58-52-55-33-39(54)50(60-52)57-41-16-15-40-38(14-13-36(6-2)56-40)49(41)71(69)29-8-9-30-71)46(70-4)32-45(34)63-23-20-37(21-24-63)62-27-25-61(26-28-62)22-19-35-11-10-12-43-48(35)64(7-3)53(68)65(43)44-17-18-47(66)59-51(44)67/h10-16,31-33,37,44H,5-9,17-30H2,1-4H3,(H,59,66,67)(H2,55,57,58,60). The zero-order valence-electron chi connectivity index (χ0n) is 41.3. The number of amides is 2. The van der Waals surface area contributed by atoms with Crippen LogP contribution in [0, 0.1) is 0 Å². The number of fused-ring (bicyclic) bond motifs is 2. The third-order valence-electron chi connectivity index (χ3n) is 15.3. The molecule has 3 aromatic carbocycles. The minimum absolute atomic E-state index is 0.200. The molecule has 0 radical (unpaired) electrons. The zero-order chi connectivity index (χ0) is 49.4. The van der Waals surface area contributed by atoms with Gasteiger partial charge in [0.05, 0.1) is 39.5 Å². The quantitative estimate of drug-likeness (QED) is 0.0666. The fourth-order valence-corrected chi connectivity index (χ4v) is 15.1. The van der Waals surface area contributed by atoms with E-state index in [1.807, 2.05) is 37.3 Å². The van der Waals surface area contributed by atoms with Gasteiger partial charge in [-0.15, -0.1) is 0 Å². The summed E-state index contributed by atoms with van der Waals surface area (Å²) in [6, 6.07) is 18.3. The number of piperazine rings is 1. The summed E-state index contributed by atoms with van der Waals surface area (Å²) in [6.45, 7) is 13.6. The van der Waals surface area contributed by atoms with E-state index in [1.54, 1.807) is 22.4 Å². The molecular formula is C53H65BrN11O5P. The number of imidazole rings is 1. The van der Waals surface area contributed by atoms with Crippen molar-refractivity contribution < 1.29 is 18.9 Å². The highest BCUT2D eigenvalue weighted by Crippen LogP contribution is 2.54. The normalized spacial score (nSPS) is 19.2. The van der Waals surface area contributed by atoms with Gasteiger partial charge in [-0.3, -0.25) is 33.9 Å². The highest BCUT2D eigenvalue weighted by Gasteiger charge is 2.35. The first-order valence-electron chi connectivity index (χ1n) is 25.6. The van der Waals surface area contributed by atoms with Gasteiger partial charge in [0.15, 0.2) is 0 Å². The molecule has 0 saturated carbocycles. The maximum absolute atomic E-state index is 14.5. The Bertz CT molecular complexity index is 3100. The number of piperidine rings is 2. The molecule has 7 heterocycles. The molecular weight excluding hydrogens is 982 g/mol. The van der Waals surface area contributed by atoms with Crippen molar-refractivity contribution in [2.24, 2.45) is 0 Å². The predicted molar refractivity (Wildman–Crippen MR) is 286 cm³/mol. The number of methoxy groups -OCH3 is 1. The highest BCUT2D eigenvalue weighted by molar-refractivity contribution is 9.10. The Kier molecular flexibility index (Phi) is 14.4. The van der Waals surface area contributed by atoms with Gasteiger partial charge in [-0.25, -0.2) is 9.78 Å². The number of halogens is 1. The lowest BCUT2D eigenvalue weighted by Crippen LogP contribution is -2.53. The largest absolute Gasteiger partial charge is 0.494 e. The van der Waals surface area contributed by atoms with E-state index in [-0.39, 0.29) is 18.0 Å². The molecule has 4 aliphatic rings. The fraction of sp³-hybridized carbons (Fsp3) is 0.472. The number of nitrogens with zero attached hydrogens (tertiary/aromatic N) is 8. The molecule has 0 spiro atoms. The van der Waals surface area contributed by atoms with E-state index in [2.05, 4.69) is 89.7 Å². The van der Waals surface area contributed by atoms with Crippen LogP contribution in [0.1, 0.15) is 82.2 Å². The molecule has 10 rings (SSSR count). The molecule has 3 aromatic heterocycles. The summed E-state index contributed by atoms with van der Waals surface area (Å²) in [7, 11) is -0.945. The average Bonchev–Trinajstić information content (AvgIpc) is 3.96. The maximum Gasteiger partial charge on any atom is 0.329 e. The van der Waals surface area contributed by atoms with Crippen LogP contribution in [0.15, 0.2) is 70.1 Å². The van der Waals surface area contributed by atoms with Gasteiger partial charge in [0.1, 0.15) is 24.8 Å². The molecule has 4 saturated heterocycles. The van der Waals surface area contributed by atoms with Crippen molar-refractivity contribution >= 4 is 91.0 Å². The lowest BCUT2D eigenvalue weighted by molar-refractivity contribution is -0.135. The zero-order valence-corrected chi connectivity index (χ0v) is 43.8. The van der Waals surface area contributed by atoms with Gasteiger partial charge in [0.2, 0.25) is 17.8 Å². The number of benzene rings is 3. The summed E-state index contributed by atoms with van der Waals surface area (Å²) in [5.41, 5.74) is 8.42. The average molecular weight is 1050 g/mol. The van der Waals surface area contributed by atoms with Crippen LogP contribution in [-0.4, -0.2) is 117 Å². The predicted octanol–water partition coefficient (Wildman–Crippen LogP) is 8.13. The smallest absolute Gasteiger partial charge is 0.329 e. The van der Waals surface area contributed by atoms with Gasteiger partial charge in [-0.1, -0.05) is 32.0 Å². The Labute approximate surface area is 423 Å². The number of anilines is 5.